The minimum absolute atomic E-state index is 0.121. The van der Waals surface area contributed by atoms with Gasteiger partial charge in [0.25, 0.3) is 0 Å². The second kappa shape index (κ2) is 13.9. The van der Waals surface area contributed by atoms with Crippen LogP contribution < -0.4 is 14.4 Å². The molecule has 0 N–H and O–H groups in total. The minimum atomic E-state index is -3.70. The average Bonchev–Trinajstić information content (AvgIpc) is 3.05. The van der Waals surface area contributed by atoms with Crippen LogP contribution in [0.25, 0.3) is 21.5 Å². The van der Waals surface area contributed by atoms with Gasteiger partial charge in [0.2, 0.25) is 0 Å². The van der Waals surface area contributed by atoms with Gasteiger partial charge in [-0.25, -0.2) is 9.13 Å². The third-order valence-electron chi connectivity index (χ3n) is 7.36. The molecule has 0 amide bonds. The molecule has 0 fully saturated rings. The summed E-state index contributed by atoms with van der Waals surface area (Å²) in [5.41, 5.74) is 1.69. The van der Waals surface area contributed by atoms with E-state index in [-0.39, 0.29) is 19.4 Å². The lowest BCUT2D eigenvalue weighted by molar-refractivity contribution is 0.267. The molecular weight excluding hydrogens is 602 g/mol. The van der Waals surface area contributed by atoms with Crippen LogP contribution in [0.2, 0.25) is 0 Å². The standard InChI is InChI=1S/C37H34O6P2/c1-2-40-45(39,42-34-23-22-31-15-6-7-17-33(31)27-34)35-19-10-14-29(26-35)24-25-41-44(38,28-30-12-4-3-5-13-30)43-37-21-11-18-32-16-8-9-20-36(32)37/h3-23,26-27H,2,24-25,28H2,1H3. The molecule has 6 rings (SSSR count). The van der Waals surface area contributed by atoms with Crippen molar-refractivity contribution in [1.29, 1.82) is 0 Å². The van der Waals surface area contributed by atoms with Crippen molar-refractivity contribution in [3.05, 3.63) is 151 Å². The average molecular weight is 637 g/mol. The van der Waals surface area contributed by atoms with Gasteiger partial charge >= 0.3 is 15.2 Å². The first-order chi connectivity index (χ1) is 21.9. The van der Waals surface area contributed by atoms with E-state index >= 15 is 0 Å². The van der Waals surface area contributed by atoms with E-state index in [9.17, 15) is 9.13 Å². The van der Waals surface area contributed by atoms with Crippen LogP contribution in [0.4, 0.5) is 0 Å². The summed E-state index contributed by atoms with van der Waals surface area (Å²) in [7, 11) is -7.33. The Hall–Kier alpha value is -4.18. The lowest BCUT2D eigenvalue weighted by atomic mass is 10.1. The summed E-state index contributed by atoms with van der Waals surface area (Å²) >= 11 is 0. The lowest BCUT2D eigenvalue weighted by Crippen LogP contribution is -2.14. The summed E-state index contributed by atoms with van der Waals surface area (Å²) in [5, 5.41) is 4.33. The zero-order valence-electron chi connectivity index (χ0n) is 25.0. The van der Waals surface area contributed by atoms with E-state index in [1.54, 1.807) is 25.1 Å². The Labute approximate surface area is 263 Å². The molecule has 2 atom stereocenters. The molecule has 0 radical (unpaired) electrons. The minimum Gasteiger partial charge on any atom is -0.423 e. The second-order valence-electron chi connectivity index (χ2n) is 10.6. The molecule has 6 aromatic rings. The van der Waals surface area contributed by atoms with Crippen LogP contribution in [0.3, 0.4) is 0 Å². The lowest BCUT2D eigenvalue weighted by Gasteiger charge is -2.21. The van der Waals surface area contributed by atoms with E-state index in [0.717, 1.165) is 32.7 Å². The Balaban J connectivity index is 1.21. The third kappa shape index (κ3) is 7.56. The number of hydrogen-bond donors (Lipinski definition) is 0. The second-order valence-corrected chi connectivity index (χ2v) is 14.5. The molecule has 6 nitrogen and oxygen atoms in total. The third-order valence-corrected chi connectivity index (χ3v) is 11.1. The van der Waals surface area contributed by atoms with E-state index in [1.165, 1.54) is 0 Å². The monoisotopic (exact) mass is 636 g/mol. The highest BCUT2D eigenvalue weighted by molar-refractivity contribution is 7.62. The van der Waals surface area contributed by atoms with Crippen LogP contribution in [-0.4, -0.2) is 13.2 Å². The molecule has 0 aliphatic heterocycles. The van der Waals surface area contributed by atoms with Crippen LogP contribution in [-0.2, 0) is 30.8 Å². The van der Waals surface area contributed by atoms with Crippen LogP contribution in [0.1, 0.15) is 18.1 Å². The van der Waals surface area contributed by atoms with Crippen LogP contribution in [0.15, 0.2) is 140 Å². The number of hydrogen-bond acceptors (Lipinski definition) is 6. The summed E-state index contributed by atoms with van der Waals surface area (Å²) in [4.78, 5) is 0. The van der Waals surface area contributed by atoms with Gasteiger partial charge in [-0.2, -0.15) is 0 Å². The predicted molar refractivity (Wildman–Crippen MR) is 182 cm³/mol. The first kappa shape index (κ1) is 30.8. The van der Waals surface area contributed by atoms with Gasteiger partial charge in [-0.1, -0.05) is 109 Å². The quantitative estimate of drug-likeness (QED) is 0.118. The maximum absolute atomic E-state index is 14.3. The molecular formula is C37H34O6P2. The fourth-order valence-electron chi connectivity index (χ4n) is 5.21. The van der Waals surface area contributed by atoms with Crippen molar-refractivity contribution in [1.82, 2.24) is 0 Å². The summed E-state index contributed by atoms with van der Waals surface area (Å²) < 4.78 is 52.5. The normalized spacial score (nSPS) is 14.1. The van der Waals surface area contributed by atoms with Gasteiger partial charge < -0.3 is 9.05 Å². The fraction of sp³-hybridized carbons (Fsp3) is 0.135. The zero-order chi connectivity index (χ0) is 31.1. The largest absolute Gasteiger partial charge is 0.423 e. The van der Waals surface area contributed by atoms with Gasteiger partial charge in [-0.15, -0.1) is 0 Å². The molecule has 2 unspecified atom stereocenters. The van der Waals surface area contributed by atoms with Crippen LogP contribution in [0, 0.1) is 0 Å². The van der Waals surface area contributed by atoms with Crippen molar-refractivity contribution in [2.45, 2.75) is 19.5 Å². The predicted octanol–water partition coefficient (Wildman–Crippen LogP) is 9.96. The van der Waals surface area contributed by atoms with E-state index in [2.05, 4.69) is 0 Å². The zero-order valence-corrected chi connectivity index (χ0v) is 26.7. The molecule has 0 aliphatic rings. The number of rotatable bonds is 13. The maximum Gasteiger partial charge on any atom is 0.410 e. The Kier molecular flexibility index (Phi) is 9.49. The SMILES string of the molecule is CCOP(=O)(Oc1ccc2ccccc2c1)c1cccc(CCOP(=O)(Cc2ccccc2)Oc2cccc3ccccc23)c1. The van der Waals surface area contributed by atoms with Gasteiger partial charge in [-0.05, 0) is 71.0 Å². The smallest absolute Gasteiger partial charge is 0.410 e. The number of fused-ring (bicyclic) bond motifs is 2. The van der Waals surface area contributed by atoms with E-state index in [4.69, 9.17) is 18.1 Å². The Morgan fingerprint density at radius 3 is 2.09 bits per heavy atom. The first-order valence-electron chi connectivity index (χ1n) is 14.9. The summed E-state index contributed by atoms with van der Waals surface area (Å²) in [6.07, 6.45) is 0.532. The highest BCUT2D eigenvalue weighted by Crippen LogP contribution is 2.53. The molecule has 0 aromatic heterocycles. The van der Waals surface area contributed by atoms with E-state index < -0.39 is 15.2 Å². The summed E-state index contributed by atoms with van der Waals surface area (Å²) in [6.45, 7) is 2.13. The van der Waals surface area contributed by atoms with Crippen molar-refractivity contribution in [3.8, 4) is 11.5 Å². The molecule has 0 bridgehead atoms. The molecule has 0 saturated heterocycles. The van der Waals surface area contributed by atoms with E-state index in [0.29, 0.717) is 23.2 Å². The van der Waals surface area contributed by atoms with Crippen molar-refractivity contribution in [2.75, 3.05) is 13.2 Å². The topological polar surface area (TPSA) is 71.1 Å². The highest BCUT2D eigenvalue weighted by atomic mass is 31.2. The fourth-order valence-corrected chi connectivity index (χ4v) is 8.53. The van der Waals surface area contributed by atoms with Gasteiger partial charge in [0.15, 0.2) is 0 Å². The molecule has 45 heavy (non-hydrogen) atoms. The first-order valence-corrected chi connectivity index (χ1v) is 18.2. The van der Waals surface area contributed by atoms with Crippen molar-refractivity contribution in [3.63, 3.8) is 0 Å². The Morgan fingerprint density at radius 2 is 1.27 bits per heavy atom. The van der Waals surface area contributed by atoms with Gasteiger partial charge in [0.05, 0.1) is 24.7 Å². The van der Waals surface area contributed by atoms with Gasteiger partial charge in [0.1, 0.15) is 11.5 Å². The molecule has 0 heterocycles. The summed E-state index contributed by atoms with van der Waals surface area (Å²) in [5.74, 6) is 0.976. The number of benzene rings is 6. The van der Waals surface area contributed by atoms with Crippen molar-refractivity contribution >= 4 is 42.0 Å². The van der Waals surface area contributed by atoms with Gasteiger partial charge in [-0.3, -0.25) is 9.05 Å². The van der Waals surface area contributed by atoms with Crippen molar-refractivity contribution < 1.29 is 27.2 Å². The molecule has 6 aromatic carbocycles. The van der Waals surface area contributed by atoms with Crippen LogP contribution >= 0.6 is 15.2 Å². The molecule has 0 aliphatic carbocycles. The molecule has 228 valence electrons. The Bertz CT molecular complexity index is 2000. The molecule has 0 saturated carbocycles. The summed E-state index contributed by atoms with van der Waals surface area (Å²) in [6, 6.07) is 43.8. The highest BCUT2D eigenvalue weighted by Gasteiger charge is 2.30. The van der Waals surface area contributed by atoms with Crippen molar-refractivity contribution in [2.24, 2.45) is 0 Å². The Morgan fingerprint density at radius 1 is 0.578 bits per heavy atom. The van der Waals surface area contributed by atoms with Crippen LogP contribution in [0.5, 0.6) is 11.5 Å². The van der Waals surface area contributed by atoms with Gasteiger partial charge in [0, 0.05) is 5.39 Å². The molecule has 8 heteroatoms. The maximum atomic E-state index is 14.3. The molecule has 0 spiro atoms. The van der Waals surface area contributed by atoms with E-state index in [1.807, 2.05) is 121 Å².